The van der Waals surface area contributed by atoms with E-state index in [1.807, 2.05) is 13.0 Å². The van der Waals surface area contributed by atoms with Crippen molar-refractivity contribution in [3.63, 3.8) is 0 Å². The maximum atomic E-state index is 8.19. The molecule has 0 amide bonds. The van der Waals surface area contributed by atoms with Crippen LogP contribution in [0.5, 0.6) is 5.88 Å². The van der Waals surface area contributed by atoms with Crippen LogP contribution in [-0.4, -0.2) is 16.8 Å². The first-order valence-electron chi connectivity index (χ1n) is 3.34. The minimum absolute atomic E-state index is 0.395. The molecule has 0 spiro atoms. The van der Waals surface area contributed by atoms with Crippen molar-refractivity contribution in [2.24, 2.45) is 0 Å². The van der Waals surface area contributed by atoms with E-state index in [-0.39, 0.29) is 0 Å². The lowest BCUT2D eigenvalue weighted by molar-refractivity contribution is 0.313. The topological polar surface area (TPSA) is 61.7 Å². The molecule has 4 heteroatoms. The van der Waals surface area contributed by atoms with E-state index in [4.69, 9.17) is 10.00 Å². The van der Waals surface area contributed by atoms with Crippen molar-refractivity contribution in [1.82, 2.24) is 10.2 Å². The Hall–Kier alpha value is -1.50. The largest absolute Gasteiger partial charge is 0.476 e. The fourth-order valence-corrected chi connectivity index (χ4v) is 0.668. The molecule has 11 heavy (non-hydrogen) atoms. The molecule has 4 nitrogen and oxygen atoms in total. The SMILES string of the molecule is Cc1cc(OCCC#N)n[nH]1. The van der Waals surface area contributed by atoms with Gasteiger partial charge >= 0.3 is 0 Å². The summed E-state index contributed by atoms with van der Waals surface area (Å²) >= 11 is 0. The minimum Gasteiger partial charge on any atom is -0.476 e. The van der Waals surface area contributed by atoms with Crippen molar-refractivity contribution < 1.29 is 4.74 Å². The number of hydrogen-bond donors (Lipinski definition) is 1. The number of nitriles is 1. The number of ether oxygens (including phenoxy) is 1. The van der Waals surface area contributed by atoms with Gasteiger partial charge in [0.2, 0.25) is 5.88 Å². The molecule has 58 valence electrons. The first-order chi connectivity index (χ1) is 5.33. The monoisotopic (exact) mass is 151 g/mol. The Kier molecular flexibility index (Phi) is 2.50. The van der Waals surface area contributed by atoms with Crippen LogP contribution in [-0.2, 0) is 0 Å². The summed E-state index contributed by atoms with van der Waals surface area (Å²) in [4.78, 5) is 0. The molecule has 0 bridgehead atoms. The van der Waals surface area contributed by atoms with E-state index in [1.165, 1.54) is 0 Å². The zero-order valence-corrected chi connectivity index (χ0v) is 6.29. The predicted octanol–water partition coefficient (Wildman–Crippen LogP) is 1.01. The zero-order chi connectivity index (χ0) is 8.10. The van der Waals surface area contributed by atoms with E-state index in [2.05, 4.69) is 10.2 Å². The molecule has 1 rings (SSSR count). The number of hydrogen-bond acceptors (Lipinski definition) is 3. The molecule has 0 radical (unpaired) electrons. The third-order valence-corrected chi connectivity index (χ3v) is 1.15. The highest BCUT2D eigenvalue weighted by molar-refractivity contribution is 5.12. The number of nitrogens with one attached hydrogen (secondary N) is 1. The standard InChI is InChI=1S/C7H9N3O/c1-6-5-7(10-9-6)11-4-2-3-8/h5H,2,4H2,1H3,(H,9,10). The molecule has 1 heterocycles. The van der Waals surface area contributed by atoms with Gasteiger partial charge in [-0.3, -0.25) is 5.10 Å². The molecule has 0 saturated heterocycles. The van der Waals surface area contributed by atoms with Crippen molar-refractivity contribution in [3.8, 4) is 11.9 Å². The summed E-state index contributed by atoms with van der Waals surface area (Å²) in [6.07, 6.45) is 0.395. The van der Waals surface area contributed by atoms with Crippen molar-refractivity contribution in [2.45, 2.75) is 13.3 Å². The van der Waals surface area contributed by atoms with Crippen LogP contribution in [0.25, 0.3) is 0 Å². The van der Waals surface area contributed by atoms with Crippen LogP contribution in [0.15, 0.2) is 6.07 Å². The molecule has 1 N–H and O–H groups in total. The van der Waals surface area contributed by atoms with Gasteiger partial charge in [0.1, 0.15) is 6.61 Å². The van der Waals surface area contributed by atoms with Gasteiger partial charge in [0.15, 0.2) is 0 Å². The number of nitrogens with zero attached hydrogens (tertiary/aromatic N) is 2. The number of H-pyrrole nitrogens is 1. The normalized spacial score (nSPS) is 9.09. The maximum Gasteiger partial charge on any atom is 0.232 e. The molecule has 1 aromatic rings. The van der Waals surface area contributed by atoms with Crippen molar-refractivity contribution in [2.75, 3.05) is 6.61 Å². The van der Waals surface area contributed by atoms with Crippen LogP contribution >= 0.6 is 0 Å². The van der Waals surface area contributed by atoms with Crippen LogP contribution < -0.4 is 4.74 Å². The van der Waals surface area contributed by atoms with Gasteiger partial charge in [-0.1, -0.05) is 0 Å². The second-order valence-corrected chi connectivity index (χ2v) is 2.15. The van der Waals surface area contributed by atoms with Crippen LogP contribution in [0.1, 0.15) is 12.1 Å². The average molecular weight is 151 g/mol. The minimum atomic E-state index is 0.395. The Balaban J connectivity index is 2.34. The molecular formula is C7H9N3O. The summed E-state index contributed by atoms with van der Waals surface area (Å²) in [5, 5.41) is 14.8. The lowest BCUT2D eigenvalue weighted by atomic mass is 10.5. The van der Waals surface area contributed by atoms with E-state index in [9.17, 15) is 0 Å². The average Bonchev–Trinajstić information content (AvgIpc) is 2.37. The lowest BCUT2D eigenvalue weighted by Crippen LogP contribution is -1.95. The van der Waals surface area contributed by atoms with Crippen molar-refractivity contribution >= 4 is 0 Å². The number of rotatable bonds is 3. The van der Waals surface area contributed by atoms with Gasteiger partial charge in [0.25, 0.3) is 0 Å². The Bertz CT molecular complexity index is 261. The molecule has 0 saturated carbocycles. The Morgan fingerprint density at radius 2 is 2.64 bits per heavy atom. The molecule has 0 aliphatic heterocycles. The van der Waals surface area contributed by atoms with Gasteiger partial charge in [-0.05, 0) is 6.92 Å². The highest BCUT2D eigenvalue weighted by atomic mass is 16.5. The summed E-state index contributed by atoms with van der Waals surface area (Å²) in [5.41, 5.74) is 0.956. The van der Waals surface area contributed by atoms with Crippen molar-refractivity contribution in [1.29, 1.82) is 5.26 Å². The van der Waals surface area contributed by atoms with Crippen LogP contribution in [0.4, 0.5) is 0 Å². The van der Waals surface area contributed by atoms with Gasteiger partial charge < -0.3 is 4.74 Å². The fraction of sp³-hybridized carbons (Fsp3) is 0.429. The van der Waals surface area contributed by atoms with E-state index < -0.39 is 0 Å². The van der Waals surface area contributed by atoms with Gasteiger partial charge in [0.05, 0.1) is 12.5 Å². The molecule has 0 unspecified atom stereocenters. The smallest absolute Gasteiger partial charge is 0.232 e. The molecule has 0 aromatic carbocycles. The van der Waals surface area contributed by atoms with Crippen LogP contribution in [0.3, 0.4) is 0 Å². The van der Waals surface area contributed by atoms with Gasteiger partial charge in [-0.15, -0.1) is 5.10 Å². The highest BCUT2D eigenvalue weighted by Crippen LogP contribution is 2.06. The first kappa shape index (κ1) is 7.61. The van der Waals surface area contributed by atoms with Gasteiger partial charge in [-0.2, -0.15) is 5.26 Å². The maximum absolute atomic E-state index is 8.19. The summed E-state index contributed by atoms with van der Waals surface area (Å²) in [6, 6.07) is 3.77. The van der Waals surface area contributed by atoms with E-state index in [1.54, 1.807) is 6.07 Å². The summed E-state index contributed by atoms with van der Waals surface area (Å²) in [7, 11) is 0. The molecule has 0 aliphatic carbocycles. The van der Waals surface area contributed by atoms with E-state index in [0.717, 1.165) is 5.69 Å². The fourth-order valence-electron chi connectivity index (χ4n) is 0.668. The number of aryl methyl sites for hydroxylation is 1. The molecule has 0 fully saturated rings. The summed E-state index contributed by atoms with van der Waals surface area (Å²) < 4.78 is 5.10. The Labute approximate surface area is 64.8 Å². The number of aromatic amines is 1. The third kappa shape index (κ3) is 2.30. The first-order valence-corrected chi connectivity index (χ1v) is 3.34. The van der Waals surface area contributed by atoms with E-state index >= 15 is 0 Å². The Morgan fingerprint density at radius 3 is 3.18 bits per heavy atom. The number of aromatic nitrogens is 2. The second-order valence-electron chi connectivity index (χ2n) is 2.15. The Morgan fingerprint density at radius 1 is 1.82 bits per heavy atom. The molecular weight excluding hydrogens is 142 g/mol. The van der Waals surface area contributed by atoms with Gasteiger partial charge in [-0.25, -0.2) is 0 Å². The summed E-state index contributed by atoms with van der Waals surface area (Å²) in [6.45, 7) is 2.30. The van der Waals surface area contributed by atoms with Crippen LogP contribution in [0, 0.1) is 18.3 Å². The van der Waals surface area contributed by atoms with Gasteiger partial charge in [0, 0.05) is 11.8 Å². The van der Waals surface area contributed by atoms with Crippen LogP contribution in [0.2, 0.25) is 0 Å². The third-order valence-electron chi connectivity index (χ3n) is 1.15. The molecule has 1 aromatic heterocycles. The lowest BCUT2D eigenvalue weighted by Gasteiger charge is -1.95. The zero-order valence-electron chi connectivity index (χ0n) is 6.29. The molecule has 0 atom stereocenters. The predicted molar refractivity (Wildman–Crippen MR) is 39.0 cm³/mol. The van der Waals surface area contributed by atoms with E-state index in [0.29, 0.717) is 18.9 Å². The highest BCUT2D eigenvalue weighted by Gasteiger charge is 1.95. The molecule has 0 aliphatic rings. The quantitative estimate of drug-likeness (QED) is 0.656. The second kappa shape index (κ2) is 3.62. The summed E-state index contributed by atoms with van der Waals surface area (Å²) in [5.74, 6) is 0.553. The van der Waals surface area contributed by atoms with Crippen molar-refractivity contribution in [3.05, 3.63) is 11.8 Å².